The molecule has 0 aliphatic carbocycles. The first-order valence-corrected chi connectivity index (χ1v) is 9.11. The van der Waals surface area contributed by atoms with Gasteiger partial charge in [0.25, 0.3) is 0 Å². The van der Waals surface area contributed by atoms with Gasteiger partial charge in [0.1, 0.15) is 0 Å². The van der Waals surface area contributed by atoms with Gasteiger partial charge in [-0.05, 0) is 30.0 Å². The van der Waals surface area contributed by atoms with E-state index in [1.807, 2.05) is 19.1 Å². The maximum absolute atomic E-state index is 6.32. The number of methoxy groups -OCH3 is 2. The Morgan fingerprint density at radius 2 is 1.92 bits per heavy atom. The minimum Gasteiger partial charge on any atom is -0.493 e. The van der Waals surface area contributed by atoms with Crippen molar-refractivity contribution in [3.05, 3.63) is 22.7 Å². The van der Waals surface area contributed by atoms with Gasteiger partial charge in [0.05, 0.1) is 24.8 Å². The number of guanidine groups is 1. The Kier molecular flexibility index (Phi) is 9.02. The summed E-state index contributed by atoms with van der Waals surface area (Å²) in [6, 6.07) is 3.77. The number of nitrogens with one attached hydrogen (secondary N) is 2. The summed E-state index contributed by atoms with van der Waals surface area (Å²) in [4.78, 5) is 4.25. The predicted octanol–water partition coefficient (Wildman–Crippen LogP) is 3.47. The predicted molar refractivity (Wildman–Crippen MR) is 108 cm³/mol. The zero-order valence-corrected chi connectivity index (χ0v) is 17.7. The summed E-state index contributed by atoms with van der Waals surface area (Å²) in [7, 11) is 5.06. The lowest BCUT2D eigenvalue weighted by molar-refractivity contribution is 0.0205. The zero-order valence-electron chi connectivity index (χ0n) is 16.9. The summed E-state index contributed by atoms with van der Waals surface area (Å²) in [5.41, 5.74) is 1.01. The lowest BCUT2D eigenvalue weighted by Crippen LogP contribution is -2.45. The molecular weight excluding hydrogens is 354 g/mol. The van der Waals surface area contributed by atoms with E-state index in [4.69, 9.17) is 25.8 Å². The van der Waals surface area contributed by atoms with Crippen LogP contribution in [0.4, 0.5) is 0 Å². The van der Waals surface area contributed by atoms with Gasteiger partial charge in [-0.3, -0.25) is 4.99 Å². The van der Waals surface area contributed by atoms with Crippen LogP contribution in [0.25, 0.3) is 0 Å². The van der Waals surface area contributed by atoms with E-state index in [9.17, 15) is 0 Å². The van der Waals surface area contributed by atoms with Crippen molar-refractivity contribution in [1.29, 1.82) is 0 Å². The van der Waals surface area contributed by atoms with E-state index < -0.39 is 0 Å². The van der Waals surface area contributed by atoms with Crippen LogP contribution < -0.4 is 20.1 Å². The van der Waals surface area contributed by atoms with Crippen LogP contribution in [0.3, 0.4) is 0 Å². The van der Waals surface area contributed by atoms with Crippen molar-refractivity contribution < 1.29 is 14.2 Å². The van der Waals surface area contributed by atoms with Crippen molar-refractivity contribution >= 4 is 17.6 Å². The van der Waals surface area contributed by atoms with E-state index >= 15 is 0 Å². The van der Waals surface area contributed by atoms with Gasteiger partial charge in [0, 0.05) is 27.2 Å². The second-order valence-electron chi connectivity index (χ2n) is 6.94. The molecule has 0 bridgehead atoms. The molecule has 2 N–H and O–H groups in total. The maximum Gasteiger partial charge on any atom is 0.191 e. The first-order valence-electron chi connectivity index (χ1n) is 8.73. The van der Waals surface area contributed by atoms with Crippen LogP contribution in [0.2, 0.25) is 5.02 Å². The van der Waals surface area contributed by atoms with Crippen LogP contribution in [0.15, 0.2) is 17.1 Å². The molecule has 0 spiro atoms. The van der Waals surface area contributed by atoms with Gasteiger partial charge in [-0.1, -0.05) is 32.4 Å². The number of ether oxygens (including phenoxy) is 3. The maximum atomic E-state index is 6.32. The molecule has 26 heavy (non-hydrogen) atoms. The molecule has 0 saturated heterocycles. The molecule has 0 heterocycles. The molecule has 7 heteroatoms. The molecule has 0 aliphatic heterocycles. The molecule has 0 amide bonds. The third kappa shape index (κ3) is 6.57. The molecule has 6 nitrogen and oxygen atoms in total. The molecular formula is C19H32ClN3O3. The van der Waals surface area contributed by atoms with Gasteiger partial charge in [0.2, 0.25) is 0 Å². The molecule has 1 aromatic rings. The van der Waals surface area contributed by atoms with Gasteiger partial charge in [-0.15, -0.1) is 0 Å². The molecule has 0 aliphatic rings. The molecule has 1 unspecified atom stereocenters. The highest BCUT2D eigenvalue weighted by Crippen LogP contribution is 2.36. The molecule has 1 atom stereocenters. The SMILES string of the molecule is CCOc1c(Cl)cc(CNC(=NC)NCC(OC)C(C)(C)C)cc1OC. The first kappa shape index (κ1) is 22.4. The number of halogens is 1. The Morgan fingerprint density at radius 3 is 2.42 bits per heavy atom. The fourth-order valence-corrected chi connectivity index (χ4v) is 2.79. The third-order valence-electron chi connectivity index (χ3n) is 3.97. The minimum absolute atomic E-state index is 0.0383. The average molecular weight is 386 g/mol. The number of hydrogen-bond donors (Lipinski definition) is 2. The van der Waals surface area contributed by atoms with Crippen molar-refractivity contribution in [2.75, 3.05) is 34.4 Å². The van der Waals surface area contributed by atoms with E-state index in [1.165, 1.54) is 0 Å². The summed E-state index contributed by atoms with van der Waals surface area (Å²) >= 11 is 6.32. The summed E-state index contributed by atoms with van der Waals surface area (Å²) in [6.45, 7) is 10.1. The van der Waals surface area contributed by atoms with Crippen LogP contribution in [-0.4, -0.2) is 46.5 Å². The highest BCUT2D eigenvalue weighted by atomic mass is 35.5. The summed E-state index contributed by atoms with van der Waals surface area (Å²) in [5, 5.41) is 7.10. The van der Waals surface area contributed by atoms with Crippen LogP contribution in [-0.2, 0) is 11.3 Å². The van der Waals surface area contributed by atoms with Crippen molar-refractivity contribution in [3.63, 3.8) is 0 Å². The average Bonchev–Trinajstić information content (AvgIpc) is 2.58. The smallest absolute Gasteiger partial charge is 0.191 e. The lowest BCUT2D eigenvalue weighted by atomic mass is 9.89. The van der Waals surface area contributed by atoms with E-state index in [0.29, 0.717) is 42.2 Å². The quantitative estimate of drug-likeness (QED) is 0.530. The van der Waals surface area contributed by atoms with E-state index in [1.54, 1.807) is 21.3 Å². The molecule has 148 valence electrons. The van der Waals surface area contributed by atoms with Crippen LogP contribution in [0.1, 0.15) is 33.3 Å². The Bertz CT molecular complexity index is 600. The monoisotopic (exact) mass is 385 g/mol. The highest BCUT2D eigenvalue weighted by molar-refractivity contribution is 6.32. The normalized spacial score (nSPS) is 13.3. The van der Waals surface area contributed by atoms with Crippen LogP contribution in [0.5, 0.6) is 11.5 Å². The highest BCUT2D eigenvalue weighted by Gasteiger charge is 2.24. The van der Waals surface area contributed by atoms with Crippen molar-refractivity contribution in [1.82, 2.24) is 10.6 Å². The van der Waals surface area contributed by atoms with Crippen LogP contribution in [0, 0.1) is 5.41 Å². The molecule has 0 saturated carbocycles. The fourth-order valence-electron chi connectivity index (χ4n) is 2.50. The number of rotatable bonds is 8. The third-order valence-corrected chi connectivity index (χ3v) is 4.25. The molecule has 0 radical (unpaired) electrons. The zero-order chi connectivity index (χ0) is 19.7. The van der Waals surface area contributed by atoms with E-state index in [-0.39, 0.29) is 11.5 Å². The Balaban J connectivity index is 2.73. The largest absolute Gasteiger partial charge is 0.493 e. The summed E-state index contributed by atoms with van der Waals surface area (Å²) in [5.74, 6) is 1.88. The number of aliphatic imine (C=N–C) groups is 1. The Hall–Kier alpha value is -1.66. The van der Waals surface area contributed by atoms with Gasteiger partial charge in [-0.2, -0.15) is 0 Å². The number of hydrogen-bond acceptors (Lipinski definition) is 4. The van der Waals surface area contributed by atoms with Gasteiger partial charge < -0.3 is 24.8 Å². The number of benzene rings is 1. The van der Waals surface area contributed by atoms with Crippen molar-refractivity contribution in [2.45, 2.75) is 40.3 Å². The van der Waals surface area contributed by atoms with Crippen molar-refractivity contribution in [2.24, 2.45) is 10.4 Å². The topological polar surface area (TPSA) is 64.1 Å². The molecule has 1 aromatic carbocycles. The Morgan fingerprint density at radius 1 is 1.23 bits per heavy atom. The molecule has 0 aromatic heterocycles. The first-order chi connectivity index (χ1) is 12.3. The van der Waals surface area contributed by atoms with Crippen molar-refractivity contribution in [3.8, 4) is 11.5 Å². The molecule has 0 fully saturated rings. The van der Waals surface area contributed by atoms with Gasteiger partial charge in [-0.25, -0.2) is 0 Å². The molecule has 1 rings (SSSR count). The second-order valence-corrected chi connectivity index (χ2v) is 7.35. The second kappa shape index (κ2) is 10.5. The standard InChI is InChI=1S/C19H32ClN3O3/c1-8-26-17-14(20)9-13(10-15(17)24-6)11-22-18(21-5)23-12-16(25-7)19(2,3)4/h9-10,16H,8,11-12H2,1-7H3,(H2,21,22,23). The van der Waals surface area contributed by atoms with E-state index in [2.05, 4.69) is 36.4 Å². The minimum atomic E-state index is 0.0383. The fraction of sp³-hybridized carbons (Fsp3) is 0.632. The van der Waals surface area contributed by atoms with Crippen LogP contribution >= 0.6 is 11.6 Å². The summed E-state index contributed by atoms with van der Waals surface area (Å²) < 4.78 is 16.5. The summed E-state index contributed by atoms with van der Waals surface area (Å²) in [6.07, 6.45) is 0.0704. The van der Waals surface area contributed by atoms with Gasteiger partial charge >= 0.3 is 0 Å². The van der Waals surface area contributed by atoms with Gasteiger partial charge in [0.15, 0.2) is 17.5 Å². The number of nitrogens with zero attached hydrogens (tertiary/aromatic N) is 1. The lowest BCUT2D eigenvalue weighted by Gasteiger charge is -2.30. The van der Waals surface area contributed by atoms with E-state index in [0.717, 1.165) is 5.56 Å². The Labute approximate surface area is 162 Å².